The highest BCUT2D eigenvalue weighted by Gasteiger charge is 2.31. The number of amides is 1. The number of alkyl halides is 3. The van der Waals surface area contributed by atoms with Crippen LogP contribution in [0.1, 0.15) is 49.4 Å². The maximum atomic E-state index is 13.2. The molecule has 0 spiro atoms. The van der Waals surface area contributed by atoms with E-state index in [1.807, 2.05) is 4.57 Å². The number of carbonyl (C=O) groups is 1. The number of nitrogens with zero attached hydrogens (tertiary/aromatic N) is 3. The molecule has 1 heterocycles. The van der Waals surface area contributed by atoms with Gasteiger partial charge in [-0.15, -0.1) is 16.8 Å². The van der Waals surface area contributed by atoms with Crippen molar-refractivity contribution in [3.8, 4) is 5.75 Å². The number of rotatable bonds is 11. The quantitative estimate of drug-likeness (QED) is 0.258. The zero-order valence-corrected chi connectivity index (χ0v) is 19.9. The summed E-state index contributed by atoms with van der Waals surface area (Å²) >= 11 is 1.18. The molecule has 1 aliphatic carbocycles. The first-order valence-corrected chi connectivity index (χ1v) is 12.1. The van der Waals surface area contributed by atoms with Crippen LogP contribution in [-0.2, 0) is 22.3 Å². The van der Waals surface area contributed by atoms with E-state index in [2.05, 4.69) is 22.1 Å². The molecule has 1 N–H and O–H groups in total. The number of methoxy groups -OCH3 is 1. The normalized spacial score (nSPS) is 14.7. The molecule has 1 aliphatic rings. The number of halogens is 3. The Morgan fingerprint density at radius 2 is 2.03 bits per heavy atom. The fourth-order valence-corrected chi connectivity index (χ4v) is 4.61. The van der Waals surface area contributed by atoms with Crippen LogP contribution in [0.5, 0.6) is 5.75 Å². The van der Waals surface area contributed by atoms with E-state index in [0.29, 0.717) is 17.6 Å². The van der Waals surface area contributed by atoms with Gasteiger partial charge in [0.05, 0.1) is 23.6 Å². The summed E-state index contributed by atoms with van der Waals surface area (Å²) in [6.07, 6.45) is 2.86. The molecule has 0 saturated heterocycles. The summed E-state index contributed by atoms with van der Waals surface area (Å²) in [5, 5.41) is 11.8. The minimum absolute atomic E-state index is 0.0479. The van der Waals surface area contributed by atoms with Gasteiger partial charge in [0.2, 0.25) is 5.91 Å². The van der Waals surface area contributed by atoms with Crippen LogP contribution in [0.2, 0.25) is 0 Å². The summed E-state index contributed by atoms with van der Waals surface area (Å²) < 4.78 is 51.9. The van der Waals surface area contributed by atoms with Crippen LogP contribution in [0.15, 0.2) is 36.0 Å². The summed E-state index contributed by atoms with van der Waals surface area (Å²) in [7, 11) is 1.49. The van der Waals surface area contributed by atoms with Gasteiger partial charge in [-0.1, -0.05) is 37.1 Å². The molecule has 2 aromatic rings. The number of thioether (sulfide) groups is 1. The van der Waals surface area contributed by atoms with Gasteiger partial charge in [-0.3, -0.25) is 4.79 Å². The average molecular weight is 499 g/mol. The van der Waals surface area contributed by atoms with Crippen molar-refractivity contribution in [2.24, 2.45) is 0 Å². The highest BCUT2D eigenvalue weighted by Crippen LogP contribution is 2.36. The summed E-state index contributed by atoms with van der Waals surface area (Å²) in [4.78, 5) is 12.6. The van der Waals surface area contributed by atoms with Gasteiger partial charge >= 0.3 is 6.18 Å². The molecule has 0 bridgehead atoms. The van der Waals surface area contributed by atoms with Crippen LogP contribution >= 0.6 is 11.8 Å². The first kappa shape index (κ1) is 26.1. The van der Waals surface area contributed by atoms with Crippen molar-refractivity contribution >= 4 is 23.4 Å². The van der Waals surface area contributed by atoms with Crippen LogP contribution in [0, 0.1) is 0 Å². The average Bonchev–Trinajstić information content (AvgIpc) is 3.21. The summed E-state index contributed by atoms with van der Waals surface area (Å²) in [6, 6.07) is 2.97. The van der Waals surface area contributed by atoms with Gasteiger partial charge < -0.3 is 19.4 Å². The molecule has 0 atom stereocenters. The van der Waals surface area contributed by atoms with Gasteiger partial charge in [0.15, 0.2) is 5.16 Å². The van der Waals surface area contributed by atoms with Gasteiger partial charge in [-0.05, 0) is 31.0 Å². The monoisotopic (exact) mass is 498 g/mol. The van der Waals surface area contributed by atoms with Crippen molar-refractivity contribution in [2.75, 3.05) is 31.4 Å². The zero-order valence-electron chi connectivity index (χ0n) is 19.1. The first-order valence-electron chi connectivity index (χ1n) is 11.1. The number of benzene rings is 1. The largest absolute Gasteiger partial charge is 0.489 e. The molecule has 3 rings (SSSR count). The number of ether oxygens (including phenoxy) is 2. The lowest BCUT2D eigenvalue weighted by Crippen LogP contribution is -2.17. The Balaban J connectivity index is 1.70. The number of carbonyl (C=O) groups excluding carboxylic acids is 1. The smallest absolute Gasteiger partial charge is 0.416 e. The van der Waals surface area contributed by atoms with Crippen LogP contribution in [0.3, 0.4) is 0 Å². The third-order valence-electron chi connectivity index (χ3n) is 5.49. The van der Waals surface area contributed by atoms with Gasteiger partial charge in [-0.25, -0.2) is 0 Å². The van der Waals surface area contributed by atoms with Gasteiger partial charge in [0, 0.05) is 19.6 Å². The maximum absolute atomic E-state index is 13.2. The van der Waals surface area contributed by atoms with Gasteiger partial charge in [0.1, 0.15) is 18.2 Å². The summed E-state index contributed by atoms with van der Waals surface area (Å²) in [5.74, 6) is 0.842. The summed E-state index contributed by atoms with van der Waals surface area (Å²) in [6.45, 7) is 4.71. The molecule has 1 aromatic heterocycles. The second-order valence-corrected chi connectivity index (χ2v) is 8.90. The number of hydrogen-bond acceptors (Lipinski definition) is 6. The molecule has 1 saturated carbocycles. The molecule has 0 radical (unpaired) electrons. The minimum atomic E-state index is -4.55. The molecule has 1 fully saturated rings. The first-order chi connectivity index (χ1) is 16.3. The van der Waals surface area contributed by atoms with Gasteiger partial charge in [-0.2, -0.15) is 13.2 Å². The molecular weight excluding hydrogens is 469 g/mol. The molecular formula is C23H29F3N4O3S. The summed E-state index contributed by atoms with van der Waals surface area (Å²) in [5.41, 5.74) is -0.927. The number of anilines is 1. The van der Waals surface area contributed by atoms with Gasteiger partial charge in [0.25, 0.3) is 0 Å². The van der Waals surface area contributed by atoms with E-state index < -0.39 is 17.6 Å². The molecule has 7 nitrogen and oxygen atoms in total. The Bertz CT molecular complexity index is 975. The molecule has 34 heavy (non-hydrogen) atoms. The molecule has 1 amide bonds. The third-order valence-corrected chi connectivity index (χ3v) is 6.45. The highest BCUT2D eigenvalue weighted by atomic mass is 32.2. The van der Waals surface area contributed by atoms with Crippen LogP contribution < -0.4 is 10.1 Å². The third kappa shape index (κ3) is 6.99. The van der Waals surface area contributed by atoms with Crippen molar-refractivity contribution in [3.63, 3.8) is 0 Å². The molecule has 186 valence electrons. The lowest BCUT2D eigenvalue weighted by molar-refractivity contribution is -0.137. The van der Waals surface area contributed by atoms with Crippen molar-refractivity contribution in [1.29, 1.82) is 0 Å². The Morgan fingerprint density at radius 1 is 1.26 bits per heavy atom. The predicted molar refractivity (Wildman–Crippen MR) is 124 cm³/mol. The predicted octanol–water partition coefficient (Wildman–Crippen LogP) is 5.29. The zero-order chi connectivity index (χ0) is 24.6. The fraction of sp³-hybridized carbons (Fsp3) is 0.522. The van der Waals surface area contributed by atoms with Crippen LogP contribution in [0.4, 0.5) is 18.9 Å². The Labute approximate surface area is 201 Å². The standard InChI is InChI=1S/C23H29F3N4O3S/c1-3-11-30-21(16-7-5-4-6-8-16)28-29-22(30)34-15-20(31)27-18-14-17(23(24,25)26)9-10-19(18)33-13-12-32-2/h3,9-10,14,16H,1,4-8,11-13,15H2,2H3,(H,27,31). The fourth-order valence-electron chi connectivity index (χ4n) is 3.85. The molecule has 11 heteroatoms. The number of hydrogen-bond donors (Lipinski definition) is 1. The van der Waals surface area contributed by atoms with Crippen LogP contribution in [0.25, 0.3) is 0 Å². The van der Waals surface area contributed by atoms with E-state index in [9.17, 15) is 18.0 Å². The van der Waals surface area contributed by atoms with E-state index in [1.54, 1.807) is 6.08 Å². The van der Waals surface area contributed by atoms with Crippen LogP contribution in [-0.4, -0.2) is 46.7 Å². The minimum Gasteiger partial charge on any atom is -0.489 e. The Kier molecular flexibility index (Phi) is 9.40. The highest BCUT2D eigenvalue weighted by molar-refractivity contribution is 7.99. The van der Waals surface area contributed by atoms with E-state index >= 15 is 0 Å². The van der Waals surface area contributed by atoms with E-state index in [4.69, 9.17) is 9.47 Å². The lowest BCUT2D eigenvalue weighted by atomic mass is 9.89. The number of allylic oxidation sites excluding steroid dienone is 1. The second-order valence-electron chi connectivity index (χ2n) is 7.96. The van der Waals surface area contributed by atoms with E-state index in [1.165, 1.54) is 31.4 Å². The second kappa shape index (κ2) is 12.3. The van der Waals surface area contributed by atoms with Crippen molar-refractivity contribution in [2.45, 2.75) is 55.9 Å². The van der Waals surface area contributed by atoms with Crippen molar-refractivity contribution < 1.29 is 27.4 Å². The van der Waals surface area contributed by atoms with E-state index in [-0.39, 0.29) is 30.4 Å². The topological polar surface area (TPSA) is 78.3 Å². The number of aromatic nitrogens is 3. The number of nitrogens with one attached hydrogen (secondary N) is 1. The van der Waals surface area contributed by atoms with Crippen molar-refractivity contribution in [1.82, 2.24) is 14.8 Å². The molecule has 0 aliphatic heterocycles. The Hall–Kier alpha value is -2.53. The SMILES string of the molecule is C=CCn1c(SCC(=O)Nc2cc(C(F)(F)F)ccc2OCCOC)nnc1C1CCCCC1. The van der Waals surface area contributed by atoms with E-state index in [0.717, 1.165) is 43.6 Å². The molecule has 1 aromatic carbocycles. The lowest BCUT2D eigenvalue weighted by Gasteiger charge is -2.21. The Morgan fingerprint density at radius 3 is 2.71 bits per heavy atom. The maximum Gasteiger partial charge on any atom is 0.416 e. The molecule has 0 unspecified atom stereocenters. The van der Waals surface area contributed by atoms with Crippen molar-refractivity contribution in [3.05, 3.63) is 42.2 Å².